The lowest BCUT2D eigenvalue weighted by Crippen LogP contribution is -2.31. The molecule has 0 unspecified atom stereocenters. The monoisotopic (exact) mass is 331 g/mol. The minimum atomic E-state index is 0.0151. The number of nitrogens with zero attached hydrogens (tertiary/aromatic N) is 4. The molecule has 0 bridgehead atoms. The Labute approximate surface area is 144 Å². The summed E-state index contributed by atoms with van der Waals surface area (Å²) in [6, 6.07) is 0.310. The lowest BCUT2D eigenvalue weighted by molar-refractivity contribution is 0.0974. The minimum Gasteiger partial charge on any atom is -0.372 e. The highest BCUT2D eigenvalue weighted by Crippen LogP contribution is 2.33. The molecule has 3 rings (SSSR count). The van der Waals surface area contributed by atoms with E-state index in [4.69, 9.17) is 4.74 Å². The predicted octanol–water partition coefficient (Wildman–Crippen LogP) is 2.61. The smallest absolute Gasteiger partial charge is 0.101 e. The average molecular weight is 331 g/mol. The summed E-state index contributed by atoms with van der Waals surface area (Å²) in [5.41, 5.74) is 4.70. The predicted molar refractivity (Wildman–Crippen MR) is 93.8 cm³/mol. The first-order valence-electron chi connectivity index (χ1n) is 8.66. The Balaban J connectivity index is 1.69. The van der Waals surface area contributed by atoms with Gasteiger partial charge in [-0.1, -0.05) is 0 Å². The second kappa shape index (κ2) is 6.33. The molecular formula is C18H29N5O. The van der Waals surface area contributed by atoms with Crippen LogP contribution < -0.4 is 5.32 Å². The zero-order valence-electron chi connectivity index (χ0n) is 15.6. The van der Waals surface area contributed by atoms with Gasteiger partial charge in [0.2, 0.25) is 0 Å². The molecule has 24 heavy (non-hydrogen) atoms. The molecule has 0 spiro atoms. The minimum absolute atomic E-state index is 0.0151. The first-order valence-corrected chi connectivity index (χ1v) is 8.66. The lowest BCUT2D eigenvalue weighted by atomic mass is 10.00. The van der Waals surface area contributed by atoms with Crippen molar-refractivity contribution >= 4 is 0 Å². The maximum Gasteiger partial charge on any atom is 0.101 e. The van der Waals surface area contributed by atoms with Crippen LogP contribution in [0.1, 0.15) is 55.8 Å². The van der Waals surface area contributed by atoms with E-state index in [2.05, 4.69) is 56.3 Å². The summed E-state index contributed by atoms with van der Waals surface area (Å²) in [6.07, 6.45) is 5.17. The van der Waals surface area contributed by atoms with Crippen LogP contribution in [0.2, 0.25) is 0 Å². The van der Waals surface area contributed by atoms with Crippen molar-refractivity contribution in [3.63, 3.8) is 0 Å². The van der Waals surface area contributed by atoms with Gasteiger partial charge >= 0.3 is 0 Å². The number of nitrogens with one attached hydrogen (secondary N) is 1. The summed E-state index contributed by atoms with van der Waals surface area (Å²) in [6.45, 7) is 12.2. The molecule has 0 aliphatic carbocycles. The van der Waals surface area contributed by atoms with E-state index in [0.717, 1.165) is 25.3 Å². The molecule has 0 radical (unpaired) electrons. The van der Waals surface area contributed by atoms with E-state index in [1.807, 2.05) is 22.6 Å². The van der Waals surface area contributed by atoms with Crippen LogP contribution in [-0.2, 0) is 23.9 Å². The topological polar surface area (TPSA) is 56.9 Å². The highest BCUT2D eigenvalue weighted by Gasteiger charge is 2.33. The zero-order valence-corrected chi connectivity index (χ0v) is 15.6. The van der Waals surface area contributed by atoms with Gasteiger partial charge in [0, 0.05) is 49.3 Å². The highest BCUT2D eigenvalue weighted by atomic mass is 16.5. The SMILES string of the molecule is Cc1nn(C)c(C)c1[C@H]1OCC[C@@H]1NCc1cnn(C(C)(C)C)c1. The average Bonchev–Trinajstić information content (AvgIpc) is 3.17. The molecule has 6 heteroatoms. The van der Waals surface area contributed by atoms with Gasteiger partial charge in [-0.05, 0) is 41.0 Å². The van der Waals surface area contributed by atoms with Gasteiger partial charge in [0.15, 0.2) is 0 Å². The summed E-state index contributed by atoms with van der Waals surface area (Å²) in [5.74, 6) is 0. The Morgan fingerprint density at radius 2 is 2.08 bits per heavy atom. The third-order valence-electron chi connectivity index (χ3n) is 4.83. The molecule has 0 saturated carbocycles. The van der Waals surface area contributed by atoms with Gasteiger partial charge in [-0.25, -0.2) is 0 Å². The molecule has 132 valence electrons. The van der Waals surface area contributed by atoms with Crippen molar-refractivity contribution in [3.05, 3.63) is 34.9 Å². The molecular weight excluding hydrogens is 302 g/mol. The Morgan fingerprint density at radius 3 is 2.67 bits per heavy atom. The van der Waals surface area contributed by atoms with Crippen LogP contribution in [0.5, 0.6) is 0 Å². The molecule has 6 nitrogen and oxygen atoms in total. The van der Waals surface area contributed by atoms with Gasteiger partial charge in [-0.3, -0.25) is 9.36 Å². The van der Waals surface area contributed by atoms with E-state index in [1.54, 1.807) is 0 Å². The van der Waals surface area contributed by atoms with Crippen molar-refractivity contribution in [2.24, 2.45) is 7.05 Å². The molecule has 1 aliphatic heterocycles. The maximum atomic E-state index is 6.04. The molecule has 3 heterocycles. The molecule has 0 amide bonds. The molecule has 1 aliphatic rings. The van der Waals surface area contributed by atoms with Crippen molar-refractivity contribution in [1.29, 1.82) is 0 Å². The molecule has 0 aromatic carbocycles. The molecule has 2 aromatic rings. The van der Waals surface area contributed by atoms with Crippen LogP contribution in [0, 0.1) is 13.8 Å². The second-order valence-electron chi connectivity index (χ2n) is 7.74. The lowest BCUT2D eigenvalue weighted by Gasteiger charge is -2.21. The summed E-state index contributed by atoms with van der Waals surface area (Å²) >= 11 is 0. The fraction of sp³-hybridized carbons (Fsp3) is 0.667. The first kappa shape index (κ1) is 17.2. The van der Waals surface area contributed by atoms with Gasteiger partial charge < -0.3 is 10.1 Å². The summed E-state index contributed by atoms with van der Waals surface area (Å²) in [7, 11) is 1.99. The van der Waals surface area contributed by atoms with Gasteiger partial charge in [-0.15, -0.1) is 0 Å². The highest BCUT2D eigenvalue weighted by molar-refractivity contribution is 5.29. The van der Waals surface area contributed by atoms with Gasteiger partial charge in [0.25, 0.3) is 0 Å². The third kappa shape index (κ3) is 3.26. The summed E-state index contributed by atoms with van der Waals surface area (Å²) in [4.78, 5) is 0. The Bertz CT molecular complexity index is 710. The van der Waals surface area contributed by atoms with Crippen LogP contribution >= 0.6 is 0 Å². The van der Waals surface area contributed by atoms with E-state index >= 15 is 0 Å². The van der Waals surface area contributed by atoms with Gasteiger partial charge in [0.05, 0.1) is 17.4 Å². The maximum absolute atomic E-state index is 6.04. The van der Waals surface area contributed by atoms with Gasteiger partial charge in [-0.2, -0.15) is 10.2 Å². The summed E-state index contributed by atoms with van der Waals surface area (Å²) < 4.78 is 10.00. The standard InChI is InChI=1S/C18H29N5O/c1-12-16(13(2)22(6)21-12)17-15(7-8-24-17)19-9-14-10-20-23(11-14)18(3,4)5/h10-11,15,17,19H,7-9H2,1-6H3/t15-,17-/m0/s1. The van der Waals surface area contributed by atoms with Crippen molar-refractivity contribution in [1.82, 2.24) is 24.9 Å². The molecule has 2 aromatic heterocycles. The fourth-order valence-electron chi connectivity index (χ4n) is 3.35. The quantitative estimate of drug-likeness (QED) is 0.936. The molecule has 1 fully saturated rings. The second-order valence-corrected chi connectivity index (χ2v) is 7.74. The van der Waals surface area contributed by atoms with Crippen LogP contribution in [0.4, 0.5) is 0 Å². The first-order chi connectivity index (χ1) is 11.3. The van der Waals surface area contributed by atoms with Crippen LogP contribution in [-0.4, -0.2) is 32.2 Å². The van der Waals surface area contributed by atoms with Gasteiger partial charge in [0.1, 0.15) is 6.10 Å². The Hall–Kier alpha value is -1.66. The van der Waals surface area contributed by atoms with E-state index < -0.39 is 0 Å². The molecule has 1 saturated heterocycles. The van der Waals surface area contributed by atoms with Crippen molar-refractivity contribution in [2.45, 2.75) is 65.3 Å². The van der Waals surface area contributed by atoms with E-state index in [-0.39, 0.29) is 11.6 Å². The molecule has 2 atom stereocenters. The molecule has 1 N–H and O–H groups in total. The zero-order chi connectivity index (χ0) is 17.5. The third-order valence-corrected chi connectivity index (χ3v) is 4.83. The van der Waals surface area contributed by atoms with Crippen LogP contribution in [0.25, 0.3) is 0 Å². The van der Waals surface area contributed by atoms with Crippen molar-refractivity contribution in [3.8, 4) is 0 Å². The van der Waals surface area contributed by atoms with Crippen LogP contribution in [0.3, 0.4) is 0 Å². The largest absolute Gasteiger partial charge is 0.372 e. The number of rotatable bonds is 4. The number of hydrogen-bond donors (Lipinski definition) is 1. The van der Waals surface area contributed by atoms with E-state index in [9.17, 15) is 0 Å². The Kier molecular flexibility index (Phi) is 4.53. The van der Waals surface area contributed by atoms with E-state index in [1.165, 1.54) is 16.8 Å². The van der Waals surface area contributed by atoms with E-state index in [0.29, 0.717) is 6.04 Å². The van der Waals surface area contributed by atoms with Crippen molar-refractivity contribution in [2.75, 3.05) is 6.61 Å². The number of hydrogen-bond acceptors (Lipinski definition) is 4. The Morgan fingerprint density at radius 1 is 1.33 bits per heavy atom. The number of aryl methyl sites for hydroxylation is 2. The fourth-order valence-corrected chi connectivity index (χ4v) is 3.35. The summed E-state index contributed by atoms with van der Waals surface area (Å²) in [5, 5.41) is 12.7. The number of ether oxygens (including phenoxy) is 1. The number of aromatic nitrogens is 4. The van der Waals surface area contributed by atoms with Crippen LogP contribution in [0.15, 0.2) is 12.4 Å². The normalized spacial score (nSPS) is 21.6. The van der Waals surface area contributed by atoms with Crippen molar-refractivity contribution < 1.29 is 4.74 Å².